The van der Waals surface area contributed by atoms with Gasteiger partial charge in [-0.05, 0) is 67.9 Å². The van der Waals surface area contributed by atoms with Crippen LogP contribution in [0.25, 0.3) is 0 Å². The Balaban J connectivity index is 1.53. The number of aryl methyl sites for hydroxylation is 2. The van der Waals surface area contributed by atoms with Crippen molar-refractivity contribution in [3.8, 4) is 0 Å². The standard InChI is InChI=1S/C20H29N5O2S/c1-16-5-4-11-22-20(16)23-19-15-18(8-12-21-19)7-6-17-9-13-25(14-10-17)28(26,27)24(2)3/h4-5,8,11-12,15,17H,6-7,9-10,13-14H2,1-3H3,(H,21,22,23). The fourth-order valence-electron chi connectivity index (χ4n) is 3.47. The summed E-state index contributed by atoms with van der Waals surface area (Å²) in [6.45, 7) is 3.22. The second-order valence-corrected chi connectivity index (χ2v) is 9.66. The predicted molar refractivity (Wildman–Crippen MR) is 112 cm³/mol. The summed E-state index contributed by atoms with van der Waals surface area (Å²) < 4.78 is 27.3. The van der Waals surface area contributed by atoms with Gasteiger partial charge in [0.1, 0.15) is 11.6 Å². The highest BCUT2D eigenvalue weighted by molar-refractivity contribution is 7.86. The van der Waals surface area contributed by atoms with Crippen molar-refractivity contribution in [3.05, 3.63) is 47.8 Å². The number of aromatic nitrogens is 2. The van der Waals surface area contributed by atoms with E-state index in [9.17, 15) is 8.42 Å². The maximum atomic E-state index is 12.2. The van der Waals surface area contributed by atoms with E-state index in [1.165, 1.54) is 9.87 Å². The molecule has 1 saturated heterocycles. The smallest absolute Gasteiger partial charge is 0.281 e. The Morgan fingerprint density at radius 3 is 2.61 bits per heavy atom. The van der Waals surface area contributed by atoms with Crippen LogP contribution in [0.3, 0.4) is 0 Å². The van der Waals surface area contributed by atoms with Crippen molar-refractivity contribution in [2.24, 2.45) is 5.92 Å². The van der Waals surface area contributed by atoms with Gasteiger partial charge in [0.15, 0.2) is 0 Å². The van der Waals surface area contributed by atoms with Gasteiger partial charge in [-0.15, -0.1) is 0 Å². The zero-order chi connectivity index (χ0) is 20.1. The number of piperidine rings is 1. The second kappa shape index (κ2) is 8.98. The average Bonchev–Trinajstić information content (AvgIpc) is 2.69. The van der Waals surface area contributed by atoms with E-state index in [0.29, 0.717) is 19.0 Å². The molecule has 0 aromatic carbocycles. The Morgan fingerprint density at radius 2 is 1.93 bits per heavy atom. The van der Waals surface area contributed by atoms with E-state index in [4.69, 9.17) is 0 Å². The summed E-state index contributed by atoms with van der Waals surface area (Å²) in [5.74, 6) is 2.17. The molecule has 8 heteroatoms. The molecule has 1 fully saturated rings. The van der Waals surface area contributed by atoms with Crippen molar-refractivity contribution in [1.82, 2.24) is 18.6 Å². The molecular formula is C20H29N5O2S. The maximum absolute atomic E-state index is 12.2. The van der Waals surface area contributed by atoms with Gasteiger partial charge in [-0.2, -0.15) is 17.0 Å². The average molecular weight is 404 g/mol. The lowest BCUT2D eigenvalue weighted by molar-refractivity contribution is 0.254. The first-order valence-electron chi connectivity index (χ1n) is 9.67. The molecule has 152 valence electrons. The van der Waals surface area contributed by atoms with Crippen LogP contribution in [0.5, 0.6) is 0 Å². The second-order valence-electron chi connectivity index (χ2n) is 7.51. The Hall–Kier alpha value is -2.03. The van der Waals surface area contributed by atoms with Crippen LogP contribution >= 0.6 is 0 Å². The molecule has 0 amide bonds. The van der Waals surface area contributed by atoms with E-state index >= 15 is 0 Å². The summed E-state index contributed by atoms with van der Waals surface area (Å²) in [4.78, 5) is 8.75. The SMILES string of the molecule is Cc1cccnc1Nc1cc(CCC2CCN(S(=O)(=O)N(C)C)CC2)ccn1. The van der Waals surface area contributed by atoms with E-state index in [1.807, 2.05) is 31.3 Å². The van der Waals surface area contributed by atoms with Gasteiger partial charge in [0.05, 0.1) is 0 Å². The molecule has 0 spiro atoms. The molecule has 0 atom stereocenters. The molecule has 28 heavy (non-hydrogen) atoms. The van der Waals surface area contributed by atoms with Crippen molar-refractivity contribution in [2.75, 3.05) is 32.5 Å². The topological polar surface area (TPSA) is 78.4 Å². The molecular weight excluding hydrogens is 374 g/mol. The number of anilines is 2. The molecule has 2 aromatic heterocycles. The van der Waals surface area contributed by atoms with Crippen LogP contribution in [0.15, 0.2) is 36.7 Å². The Bertz CT molecular complexity index is 893. The van der Waals surface area contributed by atoms with Crippen molar-refractivity contribution >= 4 is 21.8 Å². The lowest BCUT2D eigenvalue weighted by atomic mass is 9.91. The summed E-state index contributed by atoms with van der Waals surface area (Å²) in [6, 6.07) is 8.04. The largest absolute Gasteiger partial charge is 0.325 e. The van der Waals surface area contributed by atoms with Gasteiger partial charge in [0.25, 0.3) is 10.2 Å². The van der Waals surface area contributed by atoms with Crippen molar-refractivity contribution in [1.29, 1.82) is 0 Å². The zero-order valence-electron chi connectivity index (χ0n) is 16.8. The van der Waals surface area contributed by atoms with Crippen LogP contribution in [-0.2, 0) is 16.6 Å². The fraction of sp³-hybridized carbons (Fsp3) is 0.500. The van der Waals surface area contributed by atoms with E-state index in [1.54, 1.807) is 24.6 Å². The van der Waals surface area contributed by atoms with Gasteiger partial charge >= 0.3 is 0 Å². The highest BCUT2D eigenvalue weighted by Gasteiger charge is 2.29. The fourth-order valence-corrected chi connectivity index (χ4v) is 4.60. The quantitative estimate of drug-likeness (QED) is 0.769. The number of rotatable bonds is 7. The Kier molecular flexibility index (Phi) is 6.64. The highest BCUT2D eigenvalue weighted by Crippen LogP contribution is 2.25. The number of hydrogen-bond donors (Lipinski definition) is 1. The molecule has 0 aliphatic carbocycles. The first kappa shape index (κ1) is 20.7. The maximum Gasteiger partial charge on any atom is 0.281 e. The molecule has 0 unspecified atom stereocenters. The molecule has 0 radical (unpaired) electrons. The molecule has 1 N–H and O–H groups in total. The highest BCUT2D eigenvalue weighted by atomic mass is 32.2. The van der Waals surface area contributed by atoms with Crippen LogP contribution in [-0.4, -0.2) is 54.2 Å². The molecule has 3 heterocycles. The molecule has 2 aromatic rings. The first-order valence-corrected chi connectivity index (χ1v) is 11.1. The summed E-state index contributed by atoms with van der Waals surface area (Å²) in [7, 11) is -0.113. The van der Waals surface area contributed by atoms with Gasteiger partial charge in [0.2, 0.25) is 0 Å². The number of pyridine rings is 2. The molecule has 0 bridgehead atoms. The minimum atomic E-state index is -3.29. The third-order valence-electron chi connectivity index (χ3n) is 5.28. The van der Waals surface area contributed by atoms with E-state index in [2.05, 4.69) is 21.4 Å². The monoisotopic (exact) mass is 403 g/mol. The summed E-state index contributed by atoms with van der Waals surface area (Å²) >= 11 is 0. The third kappa shape index (κ3) is 5.06. The Labute approximate surface area is 168 Å². The normalized spacial score (nSPS) is 16.4. The number of nitrogens with zero attached hydrogens (tertiary/aromatic N) is 4. The van der Waals surface area contributed by atoms with Crippen LogP contribution in [0.2, 0.25) is 0 Å². The molecule has 1 aliphatic rings. The number of hydrogen-bond acceptors (Lipinski definition) is 5. The lowest BCUT2D eigenvalue weighted by Crippen LogP contribution is -2.44. The van der Waals surface area contributed by atoms with Crippen LogP contribution in [0.1, 0.15) is 30.4 Å². The van der Waals surface area contributed by atoms with E-state index < -0.39 is 10.2 Å². The van der Waals surface area contributed by atoms with Crippen molar-refractivity contribution in [3.63, 3.8) is 0 Å². The first-order chi connectivity index (χ1) is 13.4. The minimum Gasteiger partial charge on any atom is -0.325 e. The molecule has 3 rings (SSSR count). The van der Waals surface area contributed by atoms with Gasteiger partial charge in [-0.1, -0.05) is 6.07 Å². The van der Waals surface area contributed by atoms with Gasteiger partial charge in [-0.25, -0.2) is 9.97 Å². The van der Waals surface area contributed by atoms with Crippen LogP contribution in [0.4, 0.5) is 11.6 Å². The molecule has 0 saturated carbocycles. The van der Waals surface area contributed by atoms with E-state index in [0.717, 1.165) is 42.9 Å². The van der Waals surface area contributed by atoms with Gasteiger partial charge in [0, 0.05) is 39.6 Å². The summed E-state index contributed by atoms with van der Waals surface area (Å²) in [6.07, 6.45) is 7.43. The molecule has 1 aliphatic heterocycles. The van der Waals surface area contributed by atoms with Crippen LogP contribution in [0, 0.1) is 12.8 Å². The predicted octanol–water partition coefficient (Wildman–Crippen LogP) is 2.98. The molecule has 7 nitrogen and oxygen atoms in total. The van der Waals surface area contributed by atoms with Crippen molar-refractivity contribution < 1.29 is 8.42 Å². The van der Waals surface area contributed by atoms with Gasteiger partial charge < -0.3 is 5.32 Å². The third-order valence-corrected chi connectivity index (χ3v) is 7.22. The van der Waals surface area contributed by atoms with E-state index in [-0.39, 0.29) is 0 Å². The van der Waals surface area contributed by atoms with Crippen LogP contribution < -0.4 is 5.32 Å². The van der Waals surface area contributed by atoms with Crippen molar-refractivity contribution in [2.45, 2.75) is 32.6 Å². The lowest BCUT2D eigenvalue weighted by Gasteiger charge is -2.32. The van der Waals surface area contributed by atoms with Gasteiger partial charge in [-0.3, -0.25) is 0 Å². The number of nitrogens with one attached hydrogen (secondary N) is 1. The summed E-state index contributed by atoms with van der Waals surface area (Å²) in [5.41, 5.74) is 2.31. The minimum absolute atomic E-state index is 0.552. The Morgan fingerprint density at radius 1 is 1.18 bits per heavy atom. The zero-order valence-corrected chi connectivity index (χ0v) is 17.6. The summed E-state index contributed by atoms with van der Waals surface area (Å²) in [5, 5.41) is 3.28.